The summed E-state index contributed by atoms with van der Waals surface area (Å²) in [6, 6.07) is 9.46. The van der Waals surface area contributed by atoms with Crippen LogP contribution in [0.25, 0.3) is 6.08 Å². The summed E-state index contributed by atoms with van der Waals surface area (Å²) in [5.74, 6) is -0.754. The van der Waals surface area contributed by atoms with Gasteiger partial charge in [-0.1, -0.05) is 24.0 Å². The van der Waals surface area contributed by atoms with Gasteiger partial charge in [0.1, 0.15) is 17.5 Å². The van der Waals surface area contributed by atoms with Crippen LogP contribution in [0.3, 0.4) is 0 Å². The van der Waals surface area contributed by atoms with Crippen molar-refractivity contribution in [2.24, 2.45) is 0 Å². The predicted molar refractivity (Wildman–Crippen MR) is 130 cm³/mol. The number of non-ortho nitro benzene ring substituents is 1. The number of amides is 1. The first kappa shape index (κ1) is 24.7. The summed E-state index contributed by atoms with van der Waals surface area (Å²) in [5.41, 5.74) is 1.36. The maximum absolute atomic E-state index is 12.5. The Balaban J connectivity index is 1.83. The molecule has 2 aromatic carbocycles. The van der Waals surface area contributed by atoms with E-state index in [2.05, 4.69) is 15.9 Å². The van der Waals surface area contributed by atoms with E-state index in [1.807, 2.05) is 6.92 Å². The molecule has 1 N–H and O–H groups in total. The molecular weight excluding hydrogens is 536 g/mol. The van der Waals surface area contributed by atoms with Crippen LogP contribution in [0.2, 0.25) is 0 Å². The Hall–Kier alpha value is -2.96. The number of aliphatic carboxylic acids is 1. The molecule has 2 aromatic rings. The third kappa shape index (κ3) is 6.09. The Bertz CT molecular complexity index is 1150. The van der Waals surface area contributed by atoms with Gasteiger partial charge in [-0.2, -0.15) is 0 Å². The van der Waals surface area contributed by atoms with Crippen LogP contribution < -0.4 is 9.47 Å². The zero-order chi connectivity index (χ0) is 24.1. The third-order valence-corrected chi connectivity index (χ3v) is 6.29. The topological polar surface area (TPSA) is 119 Å². The lowest BCUT2D eigenvalue weighted by atomic mass is 10.1. The van der Waals surface area contributed by atoms with Gasteiger partial charge in [0.25, 0.3) is 11.6 Å². The highest BCUT2D eigenvalue weighted by molar-refractivity contribution is 9.10. The summed E-state index contributed by atoms with van der Waals surface area (Å²) in [7, 11) is 0. The zero-order valence-electron chi connectivity index (χ0n) is 17.1. The number of nitrogens with zero attached hydrogens (tertiary/aromatic N) is 2. The number of carbonyl (C=O) groups excluding carboxylic acids is 1. The molecule has 1 heterocycles. The molecule has 33 heavy (non-hydrogen) atoms. The number of ether oxygens (including phenoxy) is 2. The lowest BCUT2D eigenvalue weighted by molar-refractivity contribution is -0.384. The molecule has 0 atom stereocenters. The van der Waals surface area contributed by atoms with Crippen LogP contribution in [0.5, 0.6) is 11.5 Å². The number of thioether (sulfide) groups is 1. The zero-order valence-corrected chi connectivity index (χ0v) is 20.4. The smallest absolute Gasteiger partial charge is 0.323 e. The van der Waals surface area contributed by atoms with E-state index in [0.717, 1.165) is 22.2 Å². The average molecular weight is 553 g/mol. The number of carboxylic acids is 1. The van der Waals surface area contributed by atoms with E-state index in [1.54, 1.807) is 30.3 Å². The van der Waals surface area contributed by atoms with E-state index < -0.39 is 23.3 Å². The molecule has 9 nitrogen and oxygen atoms in total. The van der Waals surface area contributed by atoms with E-state index in [4.69, 9.17) is 26.8 Å². The van der Waals surface area contributed by atoms with Gasteiger partial charge in [0.05, 0.1) is 20.9 Å². The van der Waals surface area contributed by atoms with Gasteiger partial charge < -0.3 is 14.6 Å². The Kier molecular flexibility index (Phi) is 8.06. The number of thiocarbonyl (C=S) groups is 1. The number of halogens is 1. The molecule has 172 valence electrons. The van der Waals surface area contributed by atoms with Gasteiger partial charge in [-0.15, -0.1) is 0 Å². The van der Waals surface area contributed by atoms with Crippen molar-refractivity contribution >= 4 is 67.9 Å². The second-order valence-corrected chi connectivity index (χ2v) is 9.17. The Morgan fingerprint density at radius 2 is 2.00 bits per heavy atom. The summed E-state index contributed by atoms with van der Waals surface area (Å²) in [5, 5.41) is 19.8. The number of hydrogen-bond donors (Lipinski definition) is 1. The molecule has 0 spiro atoms. The van der Waals surface area contributed by atoms with Gasteiger partial charge >= 0.3 is 5.97 Å². The van der Waals surface area contributed by atoms with Crippen molar-refractivity contribution < 1.29 is 29.1 Å². The van der Waals surface area contributed by atoms with Crippen molar-refractivity contribution in [2.75, 3.05) is 13.2 Å². The van der Waals surface area contributed by atoms with Gasteiger partial charge in [-0.25, -0.2) is 0 Å². The number of carboxylic acid groups (broad SMARTS) is 1. The molecule has 3 rings (SSSR count). The second-order valence-electron chi connectivity index (χ2n) is 6.64. The van der Waals surface area contributed by atoms with E-state index >= 15 is 0 Å². The molecule has 0 radical (unpaired) electrons. The largest absolute Gasteiger partial charge is 0.490 e. The van der Waals surface area contributed by atoms with Crippen LogP contribution in [-0.4, -0.2) is 44.3 Å². The monoisotopic (exact) mass is 552 g/mol. The highest BCUT2D eigenvalue weighted by atomic mass is 79.9. The summed E-state index contributed by atoms with van der Waals surface area (Å²) in [6.07, 6.45) is 1.61. The first-order valence-electron chi connectivity index (χ1n) is 9.49. The molecule has 1 aliphatic heterocycles. The van der Waals surface area contributed by atoms with E-state index in [9.17, 15) is 19.7 Å². The van der Waals surface area contributed by atoms with Gasteiger partial charge in [-0.3, -0.25) is 24.6 Å². The third-order valence-electron chi connectivity index (χ3n) is 4.33. The summed E-state index contributed by atoms with van der Waals surface area (Å²) in [4.78, 5) is 35.2. The fraction of sp³-hybridized carbons (Fsp3) is 0.190. The number of rotatable bonds is 9. The maximum atomic E-state index is 12.5. The first-order chi connectivity index (χ1) is 15.7. The van der Waals surface area contributed by atoms with Crippen molar-refractivity contribution in [2.45, 2.75) is 13.5 Å². The fourth-order valence-corrected chi connectivity index (χ4v) is 4.70. The SMILES string of the molecule is CCOc1cc(/C=C2\SC(=S)N(CC(=O)O)C2=O)cc(Br)c1OCc1ccc([N+](=O)[O-])cc1. The predicted octanol–water partition coefficient (Wildman–Crippen LogP) is 4.62. The Labute approximate surface area is 206 Å². The van der Waals surface area contributed by atoms with Gasteiger partial charge in [0, 0.05) is 12.1 Å². The van der Waals surface area contributed by atoms with Gasteiger partial charge in [0.2, 0.25) is 0 Å². The highest BCUT2D eigenvalue weighted by Gasteiger charge is 2.33. The molecule has 0 aliphatic carbocycles. The number of nitro benzene ring substituents is 1. The van der Waals surface area contributed by atoms with Crippen LogP contribution in [0.4, 0.5) is 5.69 Å². The lowest BCUT2D eigenvalue weighted by Gasteiger charge is -2.15. The van der Waals surface area contributed by atoms with Crippen LogP contribution in [0, 0.1) is 10.1 Å². The van der Waals surface area contributed by atoms with Crippen molar-refractivity contribution in [3.63, 3.8) is 0 Å². The standard InChI is InChI=1S/C21H17BrN2O7S2/c1-2-30-16-8-13(9-17-20(27)23(10-18(25)26)21(32)33-17)7-15(22)19(16)31-11-12-3-5-14(6-4-12)24(28)29/h3-9H,2,10-11H2,1H3,(H,25,26)/b17-9-. The molecule has 1 aliphatic rings. The summed E-state index contributed by atoms with van der Waals surface area (Å²) < 4.78 is 12.4. The summed E-state index contributed by atoms with van der Waals surface area (Å²) >= 11 is 9.61. The molecule has 0 bridgehead atoms. The average Bonchev–Trinajstić information content (AvgIpc) is 3.00. The van der Waals surface area contributed by atoms with Crippen molar-refractivity contribution in [3.05, 3.63) is 67.0 Å². The minimum Gasteiger partial charge on any atom is -0.490 e. The molecule has 0 saturated carbocycles. The quantitative estimate of drug-likeness (QED) is 0.205. The molecule has 1 amide bonds. The van der Waals surface area contributed by atoms with E-state index in [0.29, 0.717) is 33.0 Å². The van der Waals surface area contributed by atoms with E-state index in [-0.39, 0.29) is 16.6 Å². The number of carbonyl (C=O) groups is 2. The molecule has 1 saturated heterocycles. The van der Waals surface area contributed by atoms with Crippen molar-refractivity contribution in [1.82, 2.24) is 4.90 Å². The first-order valence-corrected chi connectivity index (χ1v) is 11.5. The van der Waals surface area contributed by atoms with Gasteiger partial charge in [0.15, 0.2) is 11.5 Å². The molecule has 0 unspecified atom stereocenters. The Morgan fingerprint density at radius 3 is 2.61 bits per heavy atom. The molecular formula is C21H17BrN2O7S2. The molecule has 0 aromatic heterocycles. The molecule has 1 fully saturated rings. The normalized spacial score (nSPS) is 14.6. The molecule has 12 heteroatoms. The number of nitro groups is 1. The summed E-state index contributed by atoms with van der Waals surface area (Å²) in [6.45, 7) is 1.84. The van der Waals surface area contributed by atoms with Crippen LogP contribution >= 0.6 is 39.9 Å². The maximum Gasteiger partial charge on any atom is 0.323 e. The van der Waals surface area contributed by atoms with Gasteiger partial charge in [-0.05, 0) is 64.3 Å². The highest BCUT2D eigenvalue weighted by Crippen LogP contribution is 2.39. The van der Waals surface area contributed by atoms with Crippen LogP contribution in [0.1, 0.15) is 18.1 Å². The van der Waals surface area contributed by atoms with Crippen LogP contribution in [0.15, 0.2) is 45.8 Å². The number of benzene rings is 2. The lowest BCUT2D eigenvalue weighted by Crippen LogP contribution is -2.33. The Morgan fingerprint density at radius 1 is 1.30 bits per heavy atom. The second kappa shape index (κ2) is 10.8. The van der Waals surface area contributed by atoms with Crippen molar-refractivity contribution in [3.8, 4) is 11.5 Å². The fourth-order valence-electron chi connectivity index (χ4n) is 2.87. The minimum atomic E-state index is -1.15. The van der Waals surface area contributed by atoms with E-state index in [1.165, 1.54) is 12.1 Å². The number of hydrogen-bond acceptors (Lipinski definition) is 8. The van der Waals surface area contributed by atoms with Crippen LogP contribution in [-0.2, 0) is 16.2 Å². The van der Waals surface area contributed by atoms with Crippen molar-refractivity contribution in [1.29, 1.82) is 0 Å². The minimum absolute atomic E-state index is 0.00643.